The summed E-state index contributed by atoms with van der Waals surface area (Å²) in [5.74, 6) is 0. The molecule has 1 aromatic heterocycles. The normalized spacial score (nSPS) is 11.6. The average molecular weight is 216 g/mol. The lowest BCUT2D eigenvalue weighted by Gasteiger charge is -2.03. The molecule has 0 aromatic carbocycles. The van der Waals surface area contributed by atoms with E-state index in [1.165, 1.54) is 4.57 Å². The molecule has 0 saturated heterocycles. The summed E-state index contributed by atoms with van der Waals surface area (Å²) in [5, 5.41) is 0. The van der Waals surface area contributed by atoms with Crippen LogP contribution in [0.5, 0.6) is 0 Å². The first kappa shape index (κ1) is 10.9. The first-order valence-corrected chi connectivity index (χ1v) is 5.88. The van der Waals surface area contributed by atoms with Crippen LogP contribution in [0.4, 0.5) is 0 Å². The van der Waals surface area contributed by atoms with Crippen molar-refractivity contribution >= 4 is 10.0 Å². The van der Waals surface area contributed by atoms with Gasteiger partial charge in [0.05, 0.1) is 6.26 Å². The zero-order valence-corrected chi connectivity index (χ0v) is 8.84. The highest BCUT2D eigenvalue weighted by Crippen LogP contribution is 1.91. The van der Waals surface area contributed by atoms with E-state index in [0.717, 1.165) is 6.26 Å². The van der Waals surface area contributed by atoms with Crippen LogP contribution in [0.3, 0.4) is 0 Å². The van der Waals surface area contributed by atoms with Crippen molar-refractivity contribution in [1.82, 2.24) is 9.29 Å². The van der Waals surface area contributed by atoms with Crippen molar-refractivity contribution in [1.29, 1.82) is 0 Å². The Morgan fingerprint density at radius 1 is 1.50 bits per heavy atom. The second-order valence-corrected chi connectivity index (χ2v) is 4.88. The van der Waals surface area contributed by atoms with Gasteiger partial charge < -0.3 is 4.57 Å². The van der Waals surface area contributed by atoms with E-state index in [1.807, 2.05) is 0 Å². The highest BCUT2D eigenvalue weighted by Gasteiger charge is 2.04. The van der Waals surface area contributed by atoms with Crippen LogP contribution in [-0.2, 0) is 23.6 Å². The standard InChI is InChI=1S/C8H12N2O3S/c1-10-5-3-4-7(8(10)11)6-9-14(2,12)13/h3-5,9H,6H2,1-2H3. The molecular formula is C8H12N2O3S. The second-order valence-electron chi connectivity index (χ2n) is 3.04. The predicted octanol–water partition coefficient (Wildman–Crippen LogP) is -0.566. The first-order chi connectivity index (χ1) is 6.40. The van der Waals surface area contributed by atoms with Crippen molar-refractivity contribution in [2.45, 2.75) is 6.54 Å². The van der Waals surface area contributed by atoms with Gasteiger partial charge >= 0.3 is 0 Å². The molecule has 0 atom stereocenters. The minimum absolute atomic E-state index is 0.0341. The molecule has 0 saturated carbocycles. The number of hydrogen-bond donors (Lipinski definition) is 1. The largest absolute Gasteiger partial charge is 0.318 e. The maximum Gasteiger partial charge on any atom is 0.254 e. The van der Waals surface area contributed by atoms with Gasteiger partial charge in [0.2, 0.25) is 10.0 Å². The van der Waals surface area contributed by atoms with Crippen molar-refractivity contribution in [3.8, 4) is 0 Å². The molecule has 78 valence electrons. The third kappa shape index (κ3) is 2.97. The molecule has 5 nitrogen and oxygen atoms in total. The number of aromatic nitrogens is 1. The van der Waals surface area contributed by atoms with Gasteiger partial charge in [-0.25, -0.2) is 13.1 Å². The second kappa shape index (κ2) is 3.93. The molecule has 0 bridgehead atoms. The van der Waals surface area contributed by atoms with Crippen LogP contribution in [0.25, 0.3) is 0 Å². The van der Waals surface area contributed by atoms with Gasteiger partial charge in [0, 0.05) is 25.4 Å². The lowest BCUT2D eigenvalue weighted by Crippen LogP contribution is -2.27. The molecule has 1 rings (SSSR count). The summed E-state index contributed by atoms with van der Waals surface area (Å²) in [7, 11) is -1.63. The molecule has 1 N–H and O–H groups in total. The molecule has 0 aliphatic heterocycles. The van der Waals surface area contributed by atoms with Gasteiger partial charge in [-0.1, -0.05) is 6.07 Å². The number of nitrogens with zero attached hydrogens (tertiary/aromatic N) is 1. The van der Waals surface area contributed by atoms with Crippen LogP contribution in [0, 0.1) is 0 Å². The van der Waals surface area contributed by atoms with Gasteiger partial charge in [0.15, 0.2) is 0 Å². The first-order valence-electron chi connectivity index (χ1n) is 3.99. The van der Waals surface area contributed by atoms with Crippen molar-refractivity contribution in [3.63, 3.8) is 0 Å². The Hall–Kier alpha value is -1.14. The minimum atomic E-state index is -3.25. The van der Waals surface area contributed by atoms with Gasteiger partial charge in [0.1, 0.15) is 0 Å². The Bertz CT molecular complexity index is 476. The van der Waals surface area contributed by atoms with E-state index in [0.29, 0.717) is 5.56 Å². The smallest absolute Gasteiger partial charge is 0.254 e. The highest BCUT2D eigenvalue weighted by molar-refractivity contribution is 7.88. The molecular weight excluding hydrogens is 204 g/mol. The maximum absolute atomic E-state index is 11.4. The zero-order valence-electron chi connectivity index (χ0n) is 8.02. The van der Waals surface area contributed by atoms with Gasteiger partial charge in [0.25, 0.3) is 5.56 Å². The summed E-state index contributed by atoms with van der Waals surface area (Å²) in [4.78, 5) is 11.4. The molecule has 0 spiro atoms. The Morgan fingerprint density at radius 2 is 2.14 bits per heavy atom. The van der Waals surface area contributed by atoms with Crippen LogP contribution >= 0.6 is 0 Å². The topological polar surface area (TPSA) is 68.2 Å². The van der Waals surface area contributed by atoms with Gasteiger partial charge in [-0.2, -0.15) is 0 Å². The molecule has 0 unspecified atom stereocenters. The predicted molar refractivity (Wildman–Crippen MR) is 53.4 cm³/mol. The van der Waals surface area contributed by atoms with Crippen LogP contribution in [0.1, 0.15) is 5.56 Å². The fraction of sp³-hybridized carbons (Fsp3) is 0.375. The van der Waals surface area contributed by atoms with E-state index in [4.69, 9.17) is 0 Å². The minimum Gasteiger partial charge on any atom is -0.318 e. The number of rotatable bonds is 3. The quantitative estimate of drug-likeness (QED) is 0.736. The van der Waals surface area contributed by atoms with Crippen LogP contribution in [0.15, 0.2) is 23.1 Å². The van der Waals surface area contributed by atoms with E-state index >= 15 is 0 Å². The number of nitrogens with one attached hydrogen (secondary N) is 1. The van der Waals surface area contributed by atoms with E-state index in [2.05, 4.69) is 4.72 Å². The highest BCUT2D eigenvalue weighted by atomic mass is 32.2. The fourth-order valence-corrected chi connectivity index (χ4v) is 1.41. The monoisotopic (exact) mass is 216 g/mol. The van der Waals surface area contributed by atoms with Crippen LogP contribution < -0.4 is 10.3 Å². The van der Waals surface area contributed by atoms with E-state index in [1.54, 1.807) is 25.4 Å². The average Bonchev–Trinajstić information content (AvgIpc) is 2.06. The summed E-state index contributed by atoms with van der Waals surface area (Å²) < 4.78 is 25.2. The molecule has 14 heavy (non-hydrogen) atoms. The molecule has 1 aromatic rings. The molecule has 0 fully saturated rings. The van der Waals surface area contributed by atoms with Crippen molar-refractivity contribution < 1.29 is 8.42 Å². The van der Waals surface area contributed by atoms with Crippen molar-refractivity contribution in [2.75, 3.05) is 6.26 Å². The Morgan fingerprint density at radius 3 is 2.71 bits per heavy atom. The molecule has 0 amide bonds. The summed E-state index contributed by atoms with van der Waals surface area (Å²) in [6.07, 6.45) is 2.67. The van der Waals surface area contributed by atoms with Gasteiger partial charge in [-0.05, 0) is 6.07 Å². The summed E-state index contributed by atoms with van der Waals surface area (Å²) >= 11 is 0. The third-order valence-electron chi connectivity index (χ3n) is 1.73. The molecule has 6 heteroatoms. The lowest BCUT2D eigenvalue weighted by molar-refractivity contribution is 0.587. The van der Waals surface area contributed by atoms with Crippen molar-refractivity contribution in [2.24, 2.45) is 7.05 Å². The van der Waals surface area contributed by atoms with Crippen LogP contribution in [0.2, 0.25) is 0 Å². The third-order valence-corrected chi connectivity index (χ3v) is 2.40. The number of aryl methyl sites for hydroxylation is 1. The van der Waals surface area contributed by atoms with Crippen molar-refractivity contribution in [3.05, 3.63) is 34.2 Å². The number of sulfonamides is 1. The molecule has 0 aliphatic rings. The molecule has 1 heterocycles. The van der Waals surface area contributed by atoms with Crippen LogP contribution in [-0.4, -0.2) is 19.2 Å². The summed E-state index contributed by atoms with van der Waals surface area (Å²) in [6.45, 7) is 0.0341. The number of pyridine rings is 1. The summed E-state index contributed by atoms with van der Waals surface area (Å²) in [6, 6.07) is 3.29. The Labute approximate surface area is 82.4 Å². The maximum atomic E-state index is 11.4. The van der Waals surface area contributed by atoms with Gasteiger partial charge in [-0.3, -0.25) is 4.79 Å². The number of hydrogen-bond acceptors (Lipinski definition) is 3. The SMILES string of the molecule is Cn1cccc(CNS(C)(=O)=O)c1=O. The van der Waals surface area contributed by atoms with E-state index in [9.17, 15) is 13.2 Å². The van der Waals surface area contributed by atoms with E-state index in [-0.39, 0.29) is 12.1 Å². The van der Waals surface area contributed by atoms with E-state index < -0.39 is 10.0 Å². The zero-order chi connectivity index (χ0) is 10.8. The molecule has 0 radical (unpaired) electrons. The fourth-order valence-electron chi connectivity index (χ4n) is 0.997. The molecule has 0 aliphatic carbocycles. The summed E-state index contributed by atoms with van der Waals surface area (Å²) in [5.41, 5.74) is 0.240. The van der Waals surface area contributed by atoms with Gasteiger partial charge in [-0.15, -0.1) is 0 Å². The Kier molecular flexibility index (Phi) is 3.07. The Balaban J connectivity index is 2.89. The lowest BCUT2D eigenvalue weighted by atomic mass is 10.3.